The normalized spacial score (nSPS) is 17.2. The Hall–Kier alpha value is -2.22. The van der Waals surface area contributed by atoms with Crippen molar-refractivity contribution >= 4 is 0 Å². The first-order valence-electron chi connectivity index (χ1n) is 8.14. The fourth-order valence-corrected chi connectivity index (χ4v) is 3.05. The molecule has 0 amide bonds. The lowest BCUT2D eigenvalue weighted by Crippen LogP contribution is -2.40. The molecule has 0 fully saturated rings. The summed E-state index contributed by atoms with van der Waals surface area (Å²) in [5, 5.41) is 0. The van der Waals surface area contributed by atoms with Gasteiger partial charge in [-0.1, -0.05) is 67.6 Å². The molecule has 0 bridgehead atoms. The third-order valence-corrected chi connectivity index (χ3v) is 4.17. The number of hydrogen-bond donors (Lipinski definition) is 0. The molecule has 0 N–H and O–H groups in total. The maximum atomic E-state index is 2.47. The smallest absolute Gasteiger partial charge is 0.105 e. The van der Waals surface area contributed by atoms with Crippen molar-refractivity contribution in [1.82, 2.24) is 9.80 Å². The summed E-state index contributed by atoms with van der Waals surface area (Å²) in [5.74, 6) is 0. The van der Waals surface area contributed by atoms with Crippen LogP contribution >= 0.6 is 0 Å². The quantitative estimate of drug-likeness (QED) is 0.785. The van der Waals surface area contributed by atoms with E-state index in [0.717, 1.165) is 19.5 Å². The second-order valence-corrected chi connectivity index (χ2v) is 5.86. The summed E-state index contributed by atoms with van der Waals surface area (Å²) in [7, 11) is 0. The van der Waals surface area contributed by atoms with Crippen LogP contribution in [0.1, 0.15) is 24.5 Å². The van der Waals surface area contributed by atoms with Crippen molar-refractivity contribution in [2.45, 2.75) is 32.5 Å². The molecular weight excluding hydrogens is 268 g/mol. The largest absolute Gasteiger partial charge is 0.356 e. The van der Waals surface area contributed by atoms with Gasteiger partial charge in [-0.2, -0.15) is 0 Å². The summed E-state index contributed by atoms with van der Waals surface area (Å²) < 4.78 is 0. The van der Waals surface area contributed by atoms with Crippen LogP contribution in [0, 0.1) is 0 Å². The van der Waals surface area contributed by atoms with Gasteiger partial charge in [0.1, 0.15) is 6.17 Å². The maximum Gasteiger partial charge on any atom is 0.105 e. The predicted molar refractivity (Wildman–Crippen MR) is 92.1 cm³/mol. The Morgan fingerprint density at radius 3 is 2.00 bits per heavy atom. The van der Waals surface area contributed by atoms with Gasteiger partial charge in [0.25, 0.3) is 0 Å². The maximum absolute atomic E-state index is 2.47. The van der Waals surface area contributed by atoms with E-state index in [2.05, 4.69) is 89.8 Å². The van der Waals surface area contributed by atoms with Crippen molar-refractivity contribution in [1.29, 1.82) is 0 Å². The molecule has 2 heteroatoms. The van der Waals surface area contributed by atoms with Crippen LogP contribution in [0.3, 0.4) is 0 Å². The lowest BCUT2D eigenvalue weighted by Gasteiger charge is -2.33. The number of hydrogen-bond acceptors (Lipinski definition) is 2. The molecule has 1 atom stereocenters. The summed E-state index contributed by atoms with van der Waals surface area (Å²) in [4.78, 5) is 4.92. The Morgan fingerprint density at radius 1 is 0.773 bits per heavy atom. The molecule has 0 spiro atoms. The molecule has 1 aliphatic heterocycles. The lowest BCUT2D eigenvalue weighted by atomic mass is 10.1. The SMILES string of the molecule is CCCN1C=CN(Cc2ccccc2)C1Cc1ccccc1. The molecule has 0 aromatic heterocycles. The fourth-order valence-electron chi connectivity index (χ4n) is 3.05. The van der Waals surface area contributed by atoms with Crippen LogP contribution in [0.2, 0.25) is 0 Å². The Morgan fingerprint density at radius 2 is 1.36 bits per heavy atom. The number of rotatable bonds is 6. The number of benzene rings is 2. The molecule has 2 nitrogen and oxygen atoms in total. The van der Waals surface area contributed by atoms with Gasteiger partial charge in [0.05, 0.1) is 0 Å². The molecule has 0 radical (unpaired) electrons. The summed E-state index contributed by atoms with van der Waals surface area (Å²) in [6.07, 6.45) is 7.15. The highest BCUT2D eigenvalue weighted by Crippen LogP contribution is 2.22. The minimum Gasteiger partial charge on any atom is -0.356 e. The van der Waals surface area contributed by atoms with Crippen LogP contribution < -0.4 is 0 Å². The van der Waals surface area contributed by atoms with Crippen molar-refractivity contribution < 1.29 is 0 Å². The molecule has 0 aliphatic carbocycles. The zero-order valence-electron chi connectivity index (χ0n) is 13.2. The highest BCUT2D eigenvalue weighted by atomic mass is 15.4. The first-order chi connectivity index (χ1) is 10.9. The van der Waals surface area contributed by atoms with E-state index >= 15 is 0 Å². The second-order valence-electron chi connectivity index (χ2n) is 5.86. The minimum atomic E-state index is 0.419. The molecular formula is C20H24N2. The van der Waals surface area contributed by atoms with Crippen LogP contribution in [-0.4, -0.2) is 22.5 Å². The van der Waals surface area contributed by atoms with Gasteiger partial charge in [0.15, 0.2) is 0 Å². The fraction of sp³-hybridized carbons (Fsp3) is 0.300. The Bertz CT molecular complexity index is 592. The highest BCUT2D eigenvalue weighted by Gasteiger charge is 2.25. The van der Waals surface area contributed by atoms with Crippen LogP contribution in [0.5, 0.6) is 0 Å². The van der Waals surface area contributed by atoms with E-state index in [1.165, 1.54) is 17.5 Å². The van der Waals surface area contributed by atoms with E-state index in [1.807, 2.05) is 0 Å². The van der Waals surface area contributed by atoms with Crippen molar-refractivity contribution in [2.24, 2.45) is 0 Å². The molecule has 114 valence electrons. The molecule has 1 unspecified atom stereocenters. The predicted octanol–water partition coefficient (Wildman–Crippen LogP) is 4.25. The highest BCUT2D eigenvalue weighted by molar-refractivity contribution is 5.19. The van der Waals surface area contributed by atoms with Gasteiger partial charge in [-0.3, -0.25) is 0 Å². The van der Waals surface area contributed by atoms with Gasteiger partial charge < -0.3 is 9.80 Å². The van der Waals surface area contributed by atoms with Gasteiger partial charge in [0.2, 0.25) is 0 Å². The van der Waals surface area contributed by atoms with Crippen molar-refractivity contribution in [3.8, 4) is 0 Å². The Kier molecular flexibility index (Phi) is 4.79. The molecule has 2 aromatic carbocycles. The van der Waals surface area contributed by atoms with Crippen LogP contribution in [0.4, 0.5) is 0 Å². The number of nitrogens with zero attached hydrogens (tertiary/aromatic N) is 2. The topological polar surface area (TPSA) is 6.48 Å². The van der Waals surface area contributed by atoms with Gasteiger partial charge in [-0.25, -0.2) is 0 Å². The van der Waals surface area contributed by atoms with E-state index in [0.29, 0.717) is 6.17 Å². The van der Waals surface area contributed by atoms with Crippen LogP contribution in [-0.2, 0) is 13.0 Å². The van der Waals surface area contributed by atoms with Crippen molar-refractivity contribution in [2.75, 3.05) is 6.54 Å². The minimum absolute atomic E-state index is 0.419. The zero-order chi connectivity index (χ0) is 15.2. The van der Waals surface area contributed by atoms with Gasteiger partial charge in [-0.05, 0) is 17.5 Å². The summed E-state index contributed by atoms with van der Waals surface area (Å²) >= 11 is 0. The summed E-state index contributed by atoms with van der Waals surface area (Å²) in [5.41, 5.74) is 2.76. The van der Waals surface area contributed by atoms with Gasteiger partial charge in [0, 0.05) is 31.9 Å². The van der Waals surface area contributed by atoms with Gasteiger partial charge >= 0.3 is 0 Å². The molecule has 22 heavy (non-hydrogen) atoms. The van der Waals surface area contributed by atoms with Gasteiger partial charge in [-0.15, -0.1) is 0 Å². The standard InChI is InChI=1S/C20H24N2/c1-2-13-21-14-15-22(17-19-11-7-4-8-12-19)20(21)16-18-9-5-3-6-10-18/h3-12,14-15,20H,2,13,16-17H2,1H3. The Labute approximate surface area is 133 Å². The second kappa shape index (κ2) is 7.17. The lowest BCUT2D eigenvalue weighted by molar-refractivity contribution is 0.146. The third-order valence-electron chi connectivity index (χ3n) is 4.17. The van der Waals surface area contributed by atoms with Crippen LogP contribution in [0.15, 0.2) is 73.1 Å². The van der Waals surface area contributed by atoms with Crippen molar-refractivity contribution in [3.05, 3.63) is 84.2 Å². The molecule has 0 saturated carbocycles. The summed E-state index contributed by atoms with van der Waals surface area (Å²) in [6.45, 7) is 4.32. The van der Waals surface area contributed by atoms with E-state index in [-0.39, 0.29) is 0 Å². The summed E-state index contributed by atoms with van der Waals surface area (Å²) in [6, 6.07) is 21.5. The zero-order valence-corrected chi connectivity index (χ0v) is 13.2. The average Bonchev–Trinajstić information content (AvgIpc) is 2.92. The first kappa shape index (κ1) is 14.7. The molecule has 1 aliphatic rings. The molecule has 0 saturated heterocycles. The molecule has 2 aromatic rings. The van der Waals surface area contributed by atoms with E-state index in [1.54, 1.807) is 0 Å². The van der Waals surface area contributed by atoms with Crippen LogP contribution in [0.25, 0.3) is 0 Å². The van der Waals surface area contributed by atoms with E-state index in [9.17, 15) is 0 Å². The Balaban J connectivity index is 1.74. The molecule has 3 rings (SSSR count). The van der Waals surface area contributed by atoms with Crippen molar-refractivity contribution in [3.63, 3.8) is 0 Å². The van der Waals surface area contributed by atoms with E-state index < -0.39 is 0 Å². The first-order valence-corrected chi connectivity index (χ1v) is 8.14. The molecule has 1 heterocycles. The third kappa shape index (κ3) is 3.51. The monoisotopic (exact) mass is 292 g/mol. The van der Waals surface area contributed by atoms with E-state index in [4.69, 9.17) is 0 Å². The average molecular weight is 292 g/mol.